The Morgan fingerprint density at radius 2 is 1.93 bits per heavy atom. The number of aromatic amines is 1. The van der Waals surface area contributed by atoms with E-state index in [9.17, 15) is 9.59 Å². The number of halogens is 2. The summed E-state index contributed by atoms with van der Waals surface area (Å²) in [6, 6.07) is 16.6. The number of amides is 1. The van der Waals surface area contributed by atoms with Crippen LogP contribution in [0.1, 0.15) is 50.4 Å². The summed E-state index contributed by atoms with van der Waals surface area (Å²) >= 11 is 6.32. The van der Waals surface area contributed by atoms with Gasteiger partial charge in [0.2, 0.25) is 5.95 Å². The quantitative estimate of drug-likeness (QED) is 0.246. The Hall–Kier alpha value is -5.28. The van der Waals surface area contributed by atoms with Crippen LogP contribution in [0.2, 0.25) is 5.02 Å². The van der Waals surface area contributed by atoms with Gasteiger partial charge in [-0.25, -0.2) is 14.5 Å². The number of fused-ring (bicyclic) bond motifs is 1. The first kappa shape index (κ1) is 28.8. The summed E-state index contributed by atoms with van der Waals surface area (Å²) < 4.78 is 23.5. The molecule has 0 radical (unpaired) electrons. The van der Waals surface area contributed by atoms with E-state index in [1.165, 1.54) is 16.9 Å². The fourth-order valence-electron chi connectivity index (χ4n) is 5.23. The van der Waals surface area contributed by atoms with Crippen molar-refractivity contribution in [2.45, 2.75) is 45.3 Å². The van der Waals surface area contributed by atoms with Crippen molar-refractivity contribution in [2.24, 2.45) is 0 Å². The van der Waals surface area contributed by atoms with Gasteiger partial charge >= 0.3 is 6.09 Å². The number of benzene rings is 2. The minimum Gasteiger partial charge on any atom is -0.444 e. The first-order valence-electron chi connectivity index (χ1n) is 13.7. The van der Waals surface area contributed by atoms with E-state index in [-0.39, 0.29) is 16.9 Å². The van der Waals surface area contributed by atoms with Crippen molar-refractivity contribution in [1.82, 2.24) is 29.5 Å². The van der Waals surface area contributed by atoms with Crippen LogP contribution in [0, 0.1) is 17.3 Å². The van der Waals surface area contributed by atoms with E-state index in [0.29, 0.717) is 51.8 Å². The molecule has 6 rings (SSSR count). The second kappa shape index (κ2) is 11.1. The maximum absolute atomic E-state index is 15.1. The fourth-order valence-corrected chi connectivity index (χ4v) is 5.40. The topological polar surface area (TPSA) is 144 Å². The molecule has 0 saturated heterocycles. The van der Waals surface area contributed by atoms with Crippen molar-refractivity contribution < 1.29 is 13.9 Å². The SMILES string of the molecule is CC(C)(C)OC(=O)Nc1ccc(-c2nc([C@@H]3CCc4cc(-c5cc(Cl)ccc5-n5cc(C#N)nn5)cc(=O)n43)[nH]c2F)cc1. The molecular formula is C31H26ClFN8O3. The first-order valence-corrected chi connectivity index (χ1v) is 14.1. The lowest BCUT2D eigenvalue weighted by atomic mass is 10.0. The highest BCUT2D eigenvalue weighted by Gasteiger charge is 2.29. The van der Waals surface area contributed by atoms with E-state index in [1.54, 1.807) is 67.8 Å². The lowest BCUT2D eigenvalue weighted by Gasteiger charge is -2.19. The number of anilines is 1. The van der Waals surface area contributed by atoms with Gasteiger partial charge in [-0.05, 0) is 75.6 Å². The molecule has 2 N–H and O–H groups in total. The van der Waals surface area contributed by atoms with Gasteiger partial charge in [-0.1, -0.05) is 28.9 Å². The molecular weight excluding hydrogens is 587 g/mol. The molecule has 0 unspecified atom stereocenters. The first-order chi connectivity index (χ1) is 21.0. The number of rotatable bonds is 5. The van der Waals surface area contributed by atoms with Crippen molar-refractivity contribution >= 4 is 23.4 Å². The Kier molecular flexibility index (Phi) is 7.26. The third kappa shape index (κ3) is 5.69. The van der Waals surface area contributed by atoms with E-state index in [2.05, 4.69) is 25.6 Å². The number of pyridine rings is 1. The van der Waals surface area contributed by atoms with Crippen LogP contribution in [-0.2, 0) is 11.2 Å². The number of carbonyl (C=O) groups excluding carboxylic acids is 1. The molecule has 0 bridgehead atoms. The van der Waals surface area contributed by atoms with Gasteiger partial charge in [0.15, 0.2) is 5.69 Å². The predicted molar refractivity (Wildman–Crippen MR) is 161 cm³/mol. The monoisotopic (exact) mass is 612 g/mol. The van der Waals surface area contributed by atoms with Crippen molar-refractivity contribution in [3.05, 3.63) is 99.3 Å². The molecule has 1 amide bonds. The zero-order valence-electron chi connectivity index (χ0n) is 23.9. The molecule has 11 nitrogen and oxygen atoms in total. The number of H-pyrrole nitrogens is 1. The maximum atomic E-state index is 15.1. The molecule has 222 valence electrons. The fraction of sp³-hybridized carbons (Fsp3) is 0.226. The lowest BCUT2D eigenvalue weighted by Crippen LogP contribution is -2.27. The van der Waals surface area contributed by atoms with E-state index in [1.807, 2.05) is 12.1 Å². The zero-order chi connectivity index (χ0) is 31.2. The van der Waals surface area contributed by atoms with E-state index in [0.717, 1.165) is 5.69 Å². The van der Waals surface area contributed by atoms with Gasteiger partial charge in [-0.2, -0.15) is 9.65 Å². The third-order valence-corrected chi connectivity index (χ3v) is 7.29. The summed E-state index contributed by atoms with van der Waals surface area (Å²) in [6.45, 7) is 5.31. The number of imidazole rings is 1. The molecule has 0 spiro atoms. The molecule has 1 aliphatic heterocycles. The van der Waals surface area contributed by atoms with Crippen LogP contribution in [0.15, 0.2) is 65.6 Å². The Labute approximate surface area is 255 Å². The Balaban J connectivity index is 1.28. The second-order valence-corrected chi connectivity index (χ2v) is 11.7. The number of nitrogens with one attached hydrogen (secondary N) is 2. The van der Waals surface area contributed by atoms with Crippen LogP contribution in [0.4, 0.5) is 14.9 Å². The number of hydrogen-bond donors (Lipinski definition) is 2. The third-order valence-electron chi connectivity index (χ3n) is 7.06. The lowest BCUT2D eigenvalue weighted by molar-refractivity contribution is 0.0636. The van der Waals surface area contributed by atoms with E-state index >= 15 is 4.39 Å². The van der Waals surface area contributed by atoms with Gasteiger partial charge < -0.3 is 14.3 Å². The summed E-state index contributed by atoms with van der Waals surface area (Å²) in [6.07, 6.45) is 2.01. The zero-order valence-corrected chi connectivity index (χ0v) is 24.7. The average Bonchev–Trinajstić information content (AvgIpc) is 3.71. The Morgan fingerprint density at radius 1 is 1.16 bits per heavy atom. The smallest absolute Gasteiger partial charge is 0.412 e. The molecule has 2 aromatic carbocycles. The number of nitrogens with zero attached hydrogens (tertiary/aromatic N) is 6. The standard InChI is InChI=1S/C31H26ClFN8O3/c1-31(2,3)44-30(43)35-20-7-4-17(5-8-20)27-28(33)37-29(36-27)25-11-9-22-12-18(13-26(42)41(22)25)23-14-19(32)6-10-24(23)40-16-21(15-34)38-39-40/h4-8,10,12-14,16,25H,9,11H2,1-3H3,(H,35,43)(H,36,37)/t25-/m0/s1. The van der Waals surface area contributed by atoms with Gasteiger partial charge in [0.05, 0.1) is 17.9 Å². The van der Waals surface area contributed by atoms with Gasteiger partial charge in [0.25, 0.3) is 5.56 Å². The molecule has 3 aromatic heterocycles. The highest BCUT2D eigenvalue weighted by atomic mass is 35.5. The minimum atomic E-state index is -0.639. The van der Waals surface area contributed by atoms with Crippen LogP contribution in [-0.4, -0.2) is 41.2 Å². The Bertz CT molecular complexity index is 2000. The maximum Gasteiger partial charge on any atom is 0.412 e. The van der Waals surface area contributed by atoms with Crippen LogP contribution in [0.3, 0.4) is 0 Å². The molecule has 1 atom stereocenters. The van der Waals surface area contributed by atoms with Crippen molar-refractivity contribution in [3.8, 4) is 34.1 Å². The number of ether oxygens (including phenoxy) is 1. The van der Waals surface area contributed by atoms with Gasteiger partial charge in [0, 0.05) is 33.6 Å². The minimum absolute atomic E-state index is 0.107. The molecule has 0 aliphatic carbocycles. The van der Waals surface area contributed by atoms with Crippen LogP contribution in [0.25, 0.3) is 28.1 Å². The van der Waals surface area contributed by atoms with Gasteiger partial charge in [0.1, 0.15) is 23.2 Å². The van der Waals surface area contributed by atoms with Crippen LogP contribution >= 0.6 is 11.6 Å². The molecule has 44 heavy (non-hydrogen) atoms. The highest BCUT2D eigenvalue weighted by Crippen LogP contribution is 2.35. The molecule has 0 saturated carbocycles. The second-order valence-electron chi connectivity index (χ2n) is 11.3. The van der Waals surface area contributed by atoms with E-state index in [4.69, 9.17) is 21.6 Å². The average molecular weight is 613 g/mol. The summed E-state index contributed by atoms with van der Waals surface area (Å²) in [4.78, 5) is 32.8. The van der Waals surface area contributed by atoms with Crippen molar-refractivity contribution in [3.63, 3.8) is 0 Å². The van der Waals surface area contributed by atoms with Gasteiger partial charge in [-0.3, -0.25) is 10.1 Å². The molecule has 5 aromatic rings. The number of carbonyl (C=O) groups is 1. The molecule has 1 aliphatic rings. The number of hydrogen-bond acceptors (Lipinski definition) is 7. The Morgan fingerprint density at radius 3 is 2.64 bits per heavy atom. The summed E-state index contributed by atoms with van der Waals surface area (Å²) in [5.74, 6) is -0.295. The number of aromatic nitrogens is 6. The largest absolute Gasteiger partial charge is 0.444 e. The van der Waals surface area contributed by atoms with Gasteiger partial charge in [-0.15, -0.1) is 5.10 Å². The van der Waals surface area contributed by atoms with Crippen molar-refractivity contribution in [1.29, 1.82) is 5.26 Å². The summed E-state index contributed by atoms with van der Waals surface area (Å²) in [5.41, 5.74) is 2.97. The van der Waals surface area contributed by atoms with E-state index < -0.39 is 23.7 Å². The molecule has 0 fully saturated rings. The highest BCUT2D eigenvalue weighted by molar-refractivity contribution is 6.31. The number of nitriles is 1. The van der Waals surface area contributed by atoms with Crippen LogP contribution < -0.4 is 10.9 Å². The predicted octanol–water partition coefficient (Wildman–Crippen LogP) is 6.03. The number of aryl methyl sites for hydroxylation is 1. The normalized spacial score (nSPS) is 14.2. The van der Waals surface area contributed by atoms with Crippen molar-refractivity contribution in [2.75, 3.05) is 5.32 Å². The van der Waals surface area contributed by atoms with Crippen LogP contribution in [0.5, 0.6) is 0 Å². The molecule has 13 heteroatoms. The molecule has 4 heterocycles. The summed E-state index contributed by atoms with van der Waals surface area (Å²) in [7, 11) is 0. The summed E-state index contributed by atoms with van der Waals surface area (Å²) in [5, 5.41) is 20.1.